The van der Waals surface area contributed by atoms with Crippen LogP contribution in [0.1, 0.15) is 12.0 Å². The van der Waals surface area contributed by atoms with Gasteiger partial charge in [0.2, 0.25) is 17.7 Å². The molecular formula is C22H21F3N4O5. The summed E-state index contributed by atoms with van der Waals surface area (Å²) in [6.45, 7) is 0.308. The molecule has 0 radical (unpaired) electrons. The van der Waals surface area contributed by atoms with Gasteiger partial charge in [0.25, 0.3) is 5.69 Å². The number of hydrogen-bond donors (Lipinski definition) is 0. The Morgan fingerprint density at radius 3 is 2.15 bits per heavy atom. The van der Waals surface area contributed by atoms with Crippen LogP contribution in [0.25, 0.3) is 0 Å². The highest BCUT2D eigenvalue weighted by molar-refractivity contribution is 6.08. The van der Waals surface area contributed by atoms with Crippen LogP contribution < -0.4 is 4.90 Å². The van der Waals surface area contributed by atoms with E-state index in [0.717, 1.165) is 23.5 Å². The number of alkyl halides is 3. The molecule has 1 saturated carbocycles. The van der Waals surface area contributed by atoms with Gasteiger partial charge in [-0.2, -0.15) is 13.2 Å². The van der Waals surface area contributed by atoms with Gasteiger partial charge in [0.15, 0.2) is 0 Å². The smallest absolute Gasteiger partial charge is 0.362 e. The van der Waals surface area contributed by atoms with Gasteiger partial charge in [-0.1, -0.05) is 12.2 Å². The quantitative estimate of drug-likeness (QED) is 0.284. The number of carbonyl (C=O) groups excluding carboxylic acids is 3. The lowest BCUT2D eigenvalue weighted by Crippen LogP contribution is -2.52. The summed E-state index contributed by atoms with van der Waals surface area (Å²) < 4.78 is 38.9. The van der Waals surface area contributed by atoms with Gasteiger partial charge in [-0.05, 0) is 30.4 Å². The van der Waals surface area contributed by atoms with Crippen LogP contribution in [-0.2, 0) is 20.6 Å². The Morgan fingerprint density at radius 2 is 1.62 bits per heavy atom. The fourth-order valence-electron chi connectivity index (χ4n) is 5.67. The Balaban J connectivity index is 1.23. The van der Waals surface area contributed by atoms with Gasteiger partial charge in [-0.15, -0.1) is 0 Å². The number of carbonyl (C=O) groups is 3. The summed E-state index contributed by atoms with van der Waals surface area (Å²) in [6.07, 6.45) is 0.0452. The molecule has 0 spiro atoms. The number of nitro groups is 1. The lowest BCUT2D eigenvalue weighted by molar-refractivity contribution is -0.384. The van der Waals surface area contributed by atoms with Crippen molar-refractivity contribution in [2.24, 2.45) is 23.7 Å². The number of anilines is 1. The number of piperazine rings is 1. The van der Waals surface area contributed by atoms with Crippen LogP contribution in [0.4, 0.5) is 24.5 Å². The summed E-state index contributed by atoms with van der Waals surface area (Å²) >= 11 is 0. The van der Waals surface area contributed by atoms with E-state index in [1.807, 2.05) is 12.2 Å². The molecule has 1 aromatic rings. The number of allylic oxidation sites excluding steroid dienone is 2. The zero-order valence-corrected chi connectivity index (χ0v) is 17.9. The first kappa shape index (κ1) is 22.4. The van der Waals surface area contributed by atoms with Crippen molar-refractivity contribution in [3.8, 4) is 0 Å². The predicted molar refractivity (Wildman–Crippen MR) is 111 cm³/mol. The van der Waals surface area contributed by atoms with Crippen LogP contribution in [0.2, 0.25) is 0 Å². The monoisotopic (exact) mass is 478 g/mol. The highest BCUT2D eigenvalue weighted by Crippen LogP contribution is 2.52. The Kier molecular flexibility index (Phi) is 5.14. The minimum Gasteiger partial charge on any atom is -0.362 e. The number of nitrogens with zero attached hydrogens (tertiary/aromatic N) is 4. The molecule has 4 atom stereocenters. The molecular weight excluding hydrogens is 457 g/mol. The lowest BCUT2D eigenvalue weighted by Gasteiger charge is -2.36. The molecule has 1 aromatic carbocycles. The van der Waals surface area contributed by atoms with E-state index in [4.69, 9.17) is 0 Å². The third-order valence-electron chi connectivity index (χ3n) is 7.33. The maximum absolute atomic E-state index is 13.0. The number of nitro benzene ring substituents is 1. The van der Waals surface area contributed by atoms with Crippen LogP contribution >= 0.6 is 0 Å². The van der Waals surface area contributed by atoms with Gasteiger partial charge < -0.3 is 9.80 Å². The summed E-state index contributed by atoms with van der Waals surface area (Å²) in [5.74, 6) is -1.68. The van der Waals surface area contributed by atoms with Gasteiger partial charge >= 0.3 is 6.18 Å². The zero-order valence-electron chi connectivity index (χ0n) is 17.9. The van der Waals surface area contributed by atoms with Gasteiger partial charge in [0.1, 0.15) is 12.2 Å². The highest BCUT2D eigenvalue weighted by Gasteiger charge is 2.59. The van der Waals surface area contributed by atoms with Gasteiger partial charge in [-0.3, -0.25) is 29.4 Å². The van der Waals surface area contributed by atoms with Gasteiger partial charge in [0.05, 0.1) is 22.3 Å². The number of halogens is 3. The number of amides is 3. The number of rotatable bonds is 4. The van der Waals surface area contributed by atoms with Crippen molar-refractivity contribution < 1.29 is 32.5 Å². The summed E-state index contributed by atoms with van der Waals surface area (Å²) in [6, 6.07) is 2.38. The number of hydrogen-bond acceptors (Lipinski definition) is 6. The fraction of sp³-hybridized carbons (Fsp3) is 0.500. The maximum Gasteiger partial charge on any atom is 0.416 e. The van der Waals surface area contributed by atoms with E-state index in [9.17, 15) is 37.7 Å². The first-order valence-electron chi connectivity index (χ1n) is 11.0. The van der Waals surface area contributed by atoms with E-state index < -0.39 is 28.3 Å². The number of fused-ring (bicyclic) bond motifs is 5. The molecule has 0 aromatic heterocycles. The second-order valence-electron chi connectivity index (χ2n) is 9.09. The SMILES string of the molecule is O=C(CN1C(=O)[C@@H]2[C@H](C1=O)[C@H]1C=C[C@H]2C1)N1CCN(c2ccc(C(F)(F)F)cc2[N+](=O)[O-])CC1. The summed E-state index contributed by atoms with van der Waals surface area (Å²) in [5.41, 5.74) is -1.71. The van der Waals surface area contributed by atoms with E-state index in [-0.39, 0.29) is 73.9 Å². The molecule has 180 valence electrons. The molecule has 12 heteroatoms. The first-order chi connectivity index (χ1) is 16.1. The molecule has 3 amide bonds. The van der Waals surface area contributed by atoms with Crippen molar-refractivity contribution in [2.45, 2.75) is 12.6 Å². The minimum atomic E-state index is -4.70. The van der Waals surface area contributed by atoms with Crippen molar-refractivity contribution in [3.63, 3.8) is 0 Å². The molecule has 2 aliphatic carbocycles. The van der Waals surface area contributed by atoms with Gasteiger partial charge in [-0.25, -0.2) is 0 Å². The molecule has 4 aliphatic rings. The zero-order chi connectivity index (χ0) is 24.4. The number of imide groups is 1. The minimum absolute atomic E-state index is 0.0470. The van der Waals surface area contributed by atoms with Crippen molar-refractivity contribution in [2.75, 3.05) is 37.6 Å². The maximum atomic E-state index is 13.0. The highest BCUT2D eigenvalue weighted by atomic mass is 19.4. The van der Waals surface area contributed by atoms with Crippen molar-refractivity contribution in [3.05, 3.63) is 46.0 Å². The summed E-state index contributed by atoms with van der Waals surface area (Å²) in [7, 11) is 0. The Morgan fingerprint density at radius 1 is 1.03 bits per heavy atom. The summed E-state index contributed by atoms with van der Waals surface area (Å²) in [5, 5.41) is 11.4. The van der Waals surface area contributed by atoms with Crippen LogP contribution in [0.5, 0.6) is 0 Å². The molecule has 2 aliphatic heterocycles. The molecule has 9 nitrogen and oxygen atoms in total. The Bertz CT molecular complexity index is 1080. The largest absolute Gasteiger partial charge is 0.416 e. The van der Waals surface area contributed by atoms with E-state index in [0.29, 0.717) is 6.07 Å². The molecule has 0 unspecified atom stereocenters. The third-order valence-corrected chi connectivity index (χ3v) is 7.33. The van der Waals surface area contributed by atoms with Crippen molar-refractivity contribution in [1.82, 2.24) is 9.80 Å². The van der Waals surface area contributed by atoms with Crippen LogP contribution in [-0.4, -0.2) is 65.2 Å². The molecule has 2 heterocycles. The molecule has 34 heavy (non-hydrogen) atoms. The number of likely N-dealkylation sites (tertiary alicyclic amines) is 1. The Labute approximate surface area is 191 Å². The van der Waals surface area contributed by atoms with Crippen LogP contribution in [0, 0.1) is 33.8 Å². The van der Waals surface area contributed by atoms with E-state index in [1.54, 1.807) is 4.90 Å². The molecule has 0 N–H and O–H groups in total. The third kappa shape index (κ3) is 3.51. The van der Waals surface area contributed by atoms with E-state index >= 15 is 0 Å². The van der Waals surface area contributed by atoms with Crippen LogP contribution in [0.15, 0.2) is 30.4 Å². The molecule has 3 fully saturated rings. The second kappa shape index (κ2) is 7.81. The normalized spacial score (nSPS) is 28.1. The molecule has 2 bridgehead atoms. The number of benzene rings is 1. The lowest BCUT2D eigenvalue weighted by atomic mass is 9.85. The topological polar surface area (TPSA) is 104 Å². The van der Waals surface area contributed by atoms with Gasteiger partial charge in [0, 0.05) is 32.2 Å². The van der Waals surface area contributed by atoms with E-state index in [2.05, 4.69) is 0 Å². The van der Waals surface area contributed by atoms with E-state index in [1.165, 1.54) is 4.90 Å². The average molecular weight is 478 g/mol. The Hall–Kier alpha value is -3.44. The first-order valence-corrected chi connectivity index (χ1v) is 11.0. The predicted octanol–water partition coefficient (Wildman–Crippen LogP) is 2.07. The second-order valence-corrected chi connectivity index (χ2v) is 9.09. The molecule has 5 rings (SSSR count). The standard InChI is InChI=1S/C22H21F3N4O5/c23-22(24,25)14-3-4-15(16(10-14)29(33)34)26-5-7-27(8-6-26)17(30)11-28-20(31)18-12-1-2-13(9-12)19(18)21(28)32/h1-4,10,12-13,18-19H,5-9,11H2/t12-,13-,18-,19+/m0/s1. The van der Waals surface area contributed by atoms with Crippen molar-refractivity contribution in [1.29, 1.82) is 0 Å². The molecule has 2 saturated heterocycles. The average Bonchev–Trinajstić information content (AvgIpc) is 3.48. The summed E-state index contributed by atoms with van der Waals surface area (Å²) in [4.78, 5) is 53.0. The fourth-order valence-corrected chi connectivity index (χ4v) is 5.67. The van der Waals surface area contributed by atoms with Crippen molar-refractivity contribution >= 4 is 29.1 Å². The van der Waals surface area contributed by atoms with Crippen LogP contribution in [0.3, 0.4) is 0 Å².